The number of halogens is 4. The van der Waals surface area contributed by atoms with Gasteiger partial charge in [-0.05, 0) is 24.3 Å². The minimum Gasteiger partial charge on any atom is -0.426 e. The molecule has 0 N–H and O–H groups in total. The van der Waals surface area contributed by atoms with Crippen LogP contribution in [0.4, 0.5) is 13.2 Å². The van der Waals surface area contributed by atoms with Crippen LogP contribution in [0.1, 0.15) is 12.2 Å². The van der Waals surface area contributed by atoms with Crippen LogP contribution in [0.15, 0.2) is 45.4 Å². The minimum absolute atomic E-state index is 0.00983. The van der Waals surface area contributed by atoms with Crippen LogP contribution in [0.5, 0.6) is 5.75 Å². The van der Waals surface area contributed by atoms with E-state index in [0.717, 1.165) is 12.1 Å². The van der Waals surface area contributed by atoms with E-state index in [1.807, 2.05) is 0 Å². The Kier molecular flexibility index (Phi) is 4.98. The van der Waals surface area contributed by atoms with Crippen molar-refractivity contribution < 1.29 is 31.7 Å². The number of hydrogen-bond donors (Lipinski definition) is 0. The van der Waals surface area contributed by atoms with Gasteiger partial charge < -0.3 is 13.8 Å². The predicted octanol–water partition coefficient (Wildman–Crippen LogP) is 5.09. The van der Waals surface area contributed by atoms with E-state index in [9.17, 15) is 18.0 Å². The molecule has 10 heteroatoms. The summed E-state index contributed by atoms with van der Waals surface area (Å²) in [5, 5.41) is 7.88. The molecule has 2 heterocycles. The summed E-state index contributed by atoms with van der Waals surface area (Å²) in [4.78, 5) is 12.0. The van der Waals surface area contributed by atoms with Crippen LogP contribution in [0.2, 0.25) is 5.15 Å². The fourth-order valence-electron chi connectivity index (χ4n) is 2.70. The molecule has 0 aliphatic carbocycles. The van der Waals surface area contributed by atoms with Crippen molar-refractivity contribution in [3.63, 3.8) is 0 Å². The number of aryl methyl sites for hydroxylation is 1. The number of esters is 1. The Hall–Kier alpha value is -3.33. The van der Waals surface area contributed by atoms with Gasteiger partial charge in [-0.2, -0.15) is 0 Å². The van der Waals surface area contributed by atoms with Crippen LogP contribution in [0, 0.1) is 17.5 Å². The molecule has 2 aromatic carbocycles. The minimum atomic E-state index is -1.57. The van der Waals surface area contributed by atoms with Crippen LogP contribution < -0.4 is 4.74 Å². The van der Waals surface area contributed by atoms with E-state index in [1.165, 1.54) is 24.3 Å². The summed E-state index contributed by atoms with van der Waals surface area (Å²) in [6.07, 6.45) is 0.286. The van der Waals surface area contributed by atoms with Crippen molar-refractivity contribution in [3.8, 4) is 17.0 Å². The number of benzene rings is 2. The predicted molar refractivity (Wildman–Crippen MR) is 94.8 cm³/mol. The lowest BCUT2D eigenvalue weighted by Crippen LogP contribution is -2.08. The van der Waals surface area contributed by atoms with Gasteiger partial charge >= 0.3 is 5.97 Å². The molecule has 0 fully saturated rings. The van der Waals surface area contributed by atoms with E-state index in [1.54, 1.807) is 0 Å². The topological polar surface area (TPSA) is 78.4 Å². The SMILES string of the molecule is O=C(CCc1cc(Cl)no1)Oc1ccc2c(-c3cc(F)c(F)c(F)c3)noc2c1. The quantitative estimate of drug-likeness (QED) is 0.253. The molecule has 0 radical (unpaired) electrons. The number of carbonyl (C=O) groups excluding carboxylic acids is 1. The largest absolute Gasteiger partial charge is 0.426 e. The molecule has 0 saturated carbocycles. The first-order chi connectivity index (χ1) is 13.9. The van der Waals surface area contributed by atoms with E-state index in [0.29, 0.717) is 11.1 Å². The molecule has 0 aliphatic rings. The number of rotatable bonds is 5. The Morgan fingerprint density at radius 1 is 1.03 bits per heavy atom. The molecule has 0 saturated heterocycles. The normalized spacial score (nSPS) is 11.2. The number of fused-ring (bicyclic) bond motifs is 1. The fourth-order valence-corrected chi connectivity index (χ4v) is 2.85. The highest BCUT2D eigenvalue weighted by Crippen LogP contribution is 2.32. The van der Waals surface area contributed by atoms with Crippen molar-refractivity contribution in [2.45, 2.75) is 12.8 Å². The molecule has 2 aromatic heterocycles. The third kappa shape index (κ3) is 3.95. The summed E-state index contributed by atoms with van der Waals surface area (Å²) >= 11 is 5.63. The summed E-state index contributed by atoms with van der Waals surface area (Å²) in [5.41, 5.74) is 0.353. The highest BCUT2D eigenvalue weighted by atomic mass is 35.5. The lowest BCUT2D eigenvalue weighted by molar-refractivity contribution is -0.134. The van der Waals surface area contributed by atoms with Gasteiger partial charge in [0.05, 0.1) is 6.42 Å². The van der Waals surface area contributed by atoms with Gasteiger partial charge in [0.1, 0.15) is 17.2 Å². The van der Waals surface area contributed by atoms with Gasteiger partial charge in [0.25, 0.3) is 0 Å². The second-order valence-corrected chi connectivity index (χ2v) is 6.42. The third-order valence-electron chi connectivity index (χ3n) is 4.04. The van der Waals surface area contributed by atoms with E-state index in [2.05, 4.69) is 10.3 Å². The zero-order valence-electron chi connectivity index (χ0n) is 14.4. The molecule has 0 atom stereocenters. The Bertz CT molecular complexity index is 1200. The maximum Gasteiger partial charge on any atom is 0.311 e. The highest BCUT2D eigenvalue weighted by Gasteiger charge is 2.17. The zero-order valence-corrected chi connectivity index (χ0v) is 15.2. The summed E-state index contributed by atoms with van der Waals surface area (Å²) in [6.45, 7) is 0. The molecule has 4 aromatic rings. The Balaban J connectivity index is 1.51. The molecule has 29 heavy (non-hydrogen) atoms. The Morgan fingerprint density at radius 2 is 1.79 bits per heavy atom. The van der Waals surface area contributed by atoms with E-state index >= 15 is 0 Å². The maximum absolute atomic E-state index is 13.5. The van der Waals surface area contributed by atoms with E-state index in [4.69, 9.17) is 25.4 Å². The summed E-state index contributed by atoms with van der Waals surface area (Å²) < 4.78 is 55.4. The van der Waals surface area contributed by atoms with Gasteiger partial charge in [0.15, 0.2) is 28.2 Å². The molecule has 6 nitrogen and oxygen atoms in total. The van der Waals surface area contributed by atoms with Gasteiger partial charge in [-0.15, -0.1) is 0 Å². The number of hydrogen-bond acceptors (Lipinski definition) is 6. The van der Waals surface area contributed by atoms with E-state index in [-0.39, 0.29) is 40.6 Å². The fraction of sp³-hybridized carbons (Fsp3) is 0.105. The Labute approximate surface area is 165 Å². The van der Waals surface area contributed by atoms with Crippen LogP contribution in [0.3, 0.4) is 0 Å². The Morgan fingerprint density at radius 3 is 2.48 bits per heavy atom. The van der Waals surface area contributed by atoms with Crippen molar-refractivity contribution in [2.24, 2.45) is 0 Å². The molecule has 0 unspecified atom stereocenters. The van der Waals surface area contributed by atoms with Gasteiger partial charge in [0.2, 0.25) is 0 Å². The summed E-state index contributed by atoms with van der Waals surface area (Å²) in [5.74, 6) is -4.13. The first-order valence-electron chi connectivity index (χ1n) is 8.27. The van der Waals surface area contributed by atoms with Crippen molar-refractivity contribution in [2.75, 3.05) is 0 Å². The molecular weight excluding hydrogens is 413 g/mol. The maximum atomic E-state index is 13.5. The van der Waals surface area contributed by atoms with Crippen LogP contribution in [0.25, 0.3) is 22.2 Å². The lowest BCUT2D eigenvalue weighted by atomic mass is 10.1. The van der Waals surface area contributed by atoms with Crippen LogP contribution in [-0.2, 0) is 11.2 Å². The average Bonchev–Trinajstić information content (AvgIpc) is 3.29. The second kappa shape index (κ2) is 7.59. The van der Waals surface area contributed by atoms with E-state index < -0.39 is 23.4 Å². The van der Waals surface area contributed by atoms with Crippen molar-refractivity contribution in [1.29, 1.82) is 0 Å². The number of nitrogens with zero attached hydrogens (tertiary/aromatic N) is 2. The summed E-state index contributed by atoms with van der Waals surface area (Å²) in [6, 6.07) is 7.53. The van der Waals surface area contributed by atoms with Crippen LogP contribution >= 0.6 is 11.6 Å². The summed E-state index contributed by atoms with van der Waals surface area (Å²) in [7, 11) is 0. The standard InChI is InChI=1S/C19H10ClF3N2O4/c20-16-8-11(28-24-16)2-4-17(26)27-10-1-3-12-15(7-10)29-25-19(12)9-5-13(21)18(23)14(22)6-9/h1,3,5-8H,2,4H2. The van der Waals surface area contributed by atoms with Crippen molar-refractivity contribution >= 4 is 28.5 Å². The van der Waals surface area contributed by atoms with Crippen LogP contribution in [-0.4, -0.2) is 16.3 Å². The van der Waals surface area contributed by atoms with Gasteiger partial charge in [0, 0.05) is 29.5 Å². The molecule has 0 aliphatic heterocycles. The van der Waals surface area contributed by atoms with Gasteiger partial charge in [-0.3, -0.25) is 4.79 Å². The lowest BCUT2D eigenvalue weighted by Gasteiger charge is -2.03. The average molecular weight is 423 g/mol. The molecule has 0 amide bonds. The molecule has 0 spiro atoms. The smallest absolute Gasteiger partial charge is 0.311 e. The van der Waals surface area contributed by atoms with Gasteiger partial charge in [-0.1, -0.05) is 21.9 Å². The highest BCUT2D eigenvalue weighted by molar-refractivity contribution is 6.29. The third-order valence-corrected chi connectivity index (χ3v) is 4.22. The molecular formula is C19H10ClF3N2O4. The first-order valence-corrected chi connectivity index (χ1v) is 8.64. The number of carbonyl (C=O) groups is 1. The number of aromatic nitrogens is 2. The first kappa shape index (κ1) is 19.0. The zero-order chi connectivity index (χ0) is 20.5. The second-order valence-electron chi connectivity index (χ2n) is 6.03. The monoisotopic (exact) mass is 422 g/mol. The molecule has 148 valence electrons. The number of ether oxygens (including phenoxy) is 1. The van der Waals surface area contributed by atoms with Gasteiger partial charge in [-0.25, -0.2) is 13.2 Å². The molecule has 4 rings (SSSR count). The molecule has 0 bridgehead atoms. The van der Waals surface area contributed by atoms with Crippen molar-refractivity contribution in [3.05, 3.63) is 64.8 Å². The van der Waals surface area contributed by atoms with Crippen molar-refractivity contribution in [1.82, 2.24) is 10.3 Å².